The van der Waals surface area contributed by atoms with Crippen LogP contribution in [-0.2, 0) is 4.79 Å². The third kappa shape index (κ3) is 3.07. The number of carbonyl (C=O) groups excluding carboxylic acids is 2. The highest BCUT2D eigenvalue weighted by molar-refractivity contribution is 5.96. The monoisotopic (exact) mass is 372 g/mol. The minimum Gasteiger partial charge on any atom is -0.345 e. The molecule has 0 unspecified atom stereocenters. The molecule has 2 atom stereocenters. The fourth-order valence-corrected chi connectivity index (χ4v) is 5.71. The molecule has 1 N–H and O–H groups in total. The van der Waals surface area contributed by atoms with Crippen molar-refractivity contribution in [3.63, 3.8) is 0 Å². The van der Waals surface area contributed by atoms with Crippen LogP contribution in [-0.4, -0.2) is 58.0 Å². The van der Waals surface area contributed by atoms with Crippen molar-refractivity contribution in [3.05, 3.63) is 17.5 Å². The maximum Gasteiger partial charge on any atom is 0.257 e. The molecule has 2 saturated heterocycles. The van der Waals surface area contributed by atoms with E-state index >= 15 is 0 Å². The topological polar surface area (TPSA) is 69.3 Å². The van der Waals surface area contributed by atoms with Crippen molar-refractivity contribution in [1.29, 1.82) is 0 Å². The Morgan fingerprint density at radius 1 is 1.15 bits per heavy atom. The number of nitrogens with zero attached hydrogens (tertiary/aromatic N) is 3. The van der Waals surface area contributed by atoms with E-state index in [1.54, 1.807) is 6.20 Å². The number of aromatic nitrogens is 2. The SMILES string of the molecule is C[C@H]1N(C(=O)c2cn[nH]c2C2CCCCC2)CCC[C@@]12CCCN(C)C2=O. The molecule has 0 bridgehead atoms. The van der Waals surface area contributed by atoms with E-state index in [4.69, 9.17) is 0 Å². The maximum absolute atomic E-state index is 13.5. The Balaban J connectivity index is 1.59. The zero-order chi connectivity index (χ0) is 19.0. The zero-order valence-corrected chi connectivity index (χ0v) is 16.7. The molecule has 0 aromatic carbocycles. The van der Waals surface area contributed by atoms with Gasteiger partial charge in [-0.25, -0.2) is 0 Å². The third-order valence-electron chi connectivity index (χ3n) is 7.35. The fourth-order valence-electron chi connectivity index (χ4n) is 5.71. The van der Waals surface area contributed by atoms with Gasteiger partial charge in [-0.1, -0.05) is 19.3 Å². The van der Waals surface area contributed by atoms with Gasteiger partial charge in [-0.05, 0) is 45.4 Å². The predicted octanol–water partition coefficient (Wildman–Crippen LogP) is 3.32. The van der Waals surface area contributed by atoms with Gasteiger partial charge in [0.2, 0.25) is 5.91 Å². The summed E-state index contributed by atoms with van der Waals surface area (Å²) in [4.78, 5) is 30.4. The quantitative estimate of drug-likeness (QED) is 0.866. The van der Waals surface area contributed by atoms with Crippen LogP contribution in [0.15, 0.2) is 6.20 Å². The average molecular weight is 373 g/mol. The minimum absolute atomic E-state index is 0.0527. The molecule has 4 rings (SSSR count). The molecule has 148 valence electrons. The molecule has 1 aliphatic carbocycles. The van der Waals surface area contributed by atoms with Gasteiger partial charge in [0.25, 0.3) is 5.91 Å². The van der Waals surface area contributed by atoms with Crippen LogP contribution in [0.25, 0.3) is 0 Å². The smallest absolute Gasteiger partial charge is 0.257 e. The largest absolute Gasteiger partial charge is 0.345 e. The zero-order valence-electron chi connectivity index (χ0n) is 16.7. The Kier molecular flexibility index (Phi) is 4.99. The molecule has 6 nitrogen and oxygen atoms in total. The lowest BCUT2D eigenvalue weighted by molar-refractivity contribution is -0.152. The molecule has 3 aliphatic rings. The Hall–Kier alpha value is -1.85. The van der Waals surface area contributed by atoms with E-state index in [0.717, 1.165) is 62.9 Å². The Morgan fingerprint density at radius 2 is 1.85 bits per heavy atom. The van der Waals surface area contributed by atoms with Crippen LogP contribution in [0.2, 0.25) is 0 Å². The molecule has 1 aromatic rings. The molecule has 3 fully saturated rings. The van der Waals surface area contributed by atoms with Crippen molar-refractivity contribution in [2.75, 3.05) is 20.1 Å². The van der Waals surface area contributed by atoms with Gasteiger partial charge < -0.3 is 9.80 Å². The van der Waals surface area contributed by atoms with Crippen molar-refractivity contribution >= 4 is 11.8 Å². The third-order valence-corrected chi connectivity index (χ3v) is 7.35. The first-order valence-corrected chi connectivity index (χ1v) is 10.6. The molecule has 2 aliphatic heterocycles. The van der Waals surface area contributed by atoms with Gasteiger partial charge in [0.05, 0.1) is 22.9 Å². The van der Waals surface area contributed by atoms with Crippen LogP contribution in [0.4, 0.5) is 0 Å². The Morgan fingerprint density at radius 3 is 2.59 bits per heavy atom. The number of amides is 2. The lowest BCUT2D eigenvalue weighted by Gasteiger charge is -2.51. The number of aromatic amines is 1. The number of hydrogen-bond donors (Lipinski definition) is 1. The van der Waals surface area contributed by atoms with E-state index in [2.05, 4.69) is 17.1 Å². The summed E-state index contributed by atoms with van der Waals surface area (Å²) >= 11 is 0. The molecular formula is C21H32N4O2. The van der Waals surface area contributed by atoms with Crippen LogP contribution in [0, 0.1) is 5.41 Å². The van der Waals surface area contributed by atoms with Gasteiger partial charge in [0.15, 0.2) is 0 Å². The molecule has 3 heterocycles. The van der Waals surface area contributed by atoms with Crippen LogP contribution in [0.5, 0.6) is 0 Å². The Labute approximate surface area is 161 Å². The molecule has 1 spiro atoms. The fraction of sp³-hybridized carbons (Fsp3) is 0.762. The van der Waals surface area contributed by atoms with Crippen molar-refractivity contribution in [3.8, 4) is 0 Å². The summed E-state index contributed by atoms with van der Waals surface area (Å²) < 4.78 is 0. The summed E-state index contributed by atoms with van der Waals surface area (Å²) in [5.74, 6) is 0.687. The van der Waals surface area contributed by atoms with E-state index in [9.17, 15) is 9.59 Å². The second kappa shape index (κ2) is 7.28. The number of nitrogens with one attached hydrogen (secondary N) is 1. The molecule has 1 aromatic heterocycles. The van der Waals surface area contributed by atoms with Gasteiger partial charge in [-0.2, -0.15) is 5.10 Å². The maximum atomic E-state index is 13.5. The summed E-state index contributed by atoms with van der Waals surface area (Å²) in [5, 5.41) is 7.35. The van der Waals surface area contributed by atoms with Crippen molar-refractivity contribution in [2.45, 2.75) is 76.7 Å². The first-order chi connectivity index (χ1) is 13.0. The van der Waals surface area contributed by atoms with Gasteiger partial charge in [-0.3, -0.25) is 14.7 Å². The van der Waals surface area contributed by atoms with E-state index in [1.165, 1.54) is 19.3 Å². The van der Waals surface area contributed by atoms with Gasteiger partial charge in [0.1, 0.15) is 0 Å². The van der Waals surface area contributed by atoms with Crippen LogP contribution >= 0.6 is 0 Å². The van der Waals surface area contributed by atoms with Gasteiger partial charge in [-0.15, -0.1) is 0 Å². The highest BCUT2D eigenvalue weighted by atomic mass is 16.2. The summed E-state index contributed by atoms with van der Waals surface area (Å²) in [6.45, 7) is 3.64. The van der Waals surface area contributed by atoms with E-state index in [0.29, 0.717) is 5.92 Å². The minimum atomic E-state index is -0.407. The molecule has 6 heteroatoms. The second-order valence-electron chi connectivity index (χ2n) is 8.80. The lowest BCUT2D eigenvalue weighted by atomic mass is 9.67. The second-order valence-corrected chi connectivity index (χ2v) is 8.80. The molecule has 0 radical (unpaired) electrons. The number of piperidine rings is 2. The summed E-state index contributed by atoms with van der Waals surface area (Å²) in [7, 11) is 1.90. The number of carbonyl (C=O) groups is 2. The molecule has 27 heavy (non-hydrogen) atoms. The number of rotatable bonds is 2. The Bertz CT molecular complexity index is 705. The summed E-state index contributed by atoms with van der Waals surface area (Å²) in [5.41, 5.74) is 1.33. The highest BCUT2D eigenvalue weighted by Crippen LogP contribution is 2.44. The standard InChI is InChI=1S/C21H32N4O2/c1-15-21(10-6-12-24(2)20(21)27)11-7-13-25(15)19(26)17-14-22-23-18(17)16-8-4-3-5-9-16/h14-16H,3-13H2,1-2H3,(H,22,23)/t15-,21+/m1/s1. The summed E-state index contributed by atoms with van der Waals surface area (Å²) in [6, 6.07) is -0.0666. The van der Waals surface area contributed by atoms with Crippen LogP contribution in [0.3, 0.4) is 0 Å². The average Bonchev–Trinajstić information content (AvgIpc) is 3.18. The number of likely N-dealkylation sites (tertiary alicyclic amines) is 2. The predicted molar refractivity (Wildman–Crippen MR) is 103 cm³/mol. The number of H-pyrrole nitrogens is 1. The first kappa shape index (κ1) is 18.5. The van der Waals surface area contributed by atoms with Crippen LogP contribution in [0.1, 0.15) is 86.7 Å². The highest BCUT2D eigenvalue weighted by Gasteiger charge is 2.51. The molecule has 1 saturated carbocycles. The molecule has 2 amide bonds. The van der Waals surface area contributed by atoms with Gasteiger partial charge >= 0.3 is 0 Å². The first-order valence-electron chi connectivity index (χ1n) is 10.6. The van der Waals surface area contributed by atoms with Crippen molar-refractivity contribution in [1.82, 2.24) is 20.0 Å². The number of hydrogen-bond acceptors (Lipinski definition) is 3. The molecular weight excluding hydrogens is 340 g/mol. The van der Waals surface area contributed by atoms with Crippen molar-refractivity contribution < 1.29 is 9.59 Å². The van der Waals surface area contributed by atoms with Crippen molar-refractivity contribution in [2.24, 2.45) is 5.41 Å². The van der Waals surface area contributed by atoms with Gasteiger partial charge in [0, 0.05) is 32.1 Å². The normalized spacial score (nSPS) is 30.1. The van der Waals surface area contributed by atoms with E-state index in [-0.39, 0.29) is 17.9 Å². The van der Waals surface area contributed by atoms with Crippen LogP contribution < -0.4 is 0 Å². The van der Waals surface area contributed by atoms with E-state index in [1.807, 2.05) is 16.8 Å². The van der Waals surface area contributed by atoms with E-state index < -0.39 is 5.41 Å². The lowest BCUT2D eigenvalue weighted by Crippen LogP contribution is -2.61. The summed E-state index contributed by atoms with van der Waals surface area (Å²) in [6.07, 6.45) is 11.4.